The number of likely N-dealkylation sites (tertiary alicyclic amines) is 2. The second kappa shape index (κ2) is 17.1. The van der Waals surface area contributed by atoms with E-state index in [1.54, 1.807) is 0 Å². The van der Waals surface area contributed by atoms with Crippen molar-refractivity contribution in [1.82, 2.24) is 40.4 Å². The number of nitrogens with zero attached hydrogens (tertiary/aromatic N) is 4. The molecule has 4 amide bonds. The third kappa shape index (κ3) is 8.32. The van der Waals surface area contributed by atoms with E-state index in [1.165, 1.54) is 9.80 Å². The molecular formula is C45H47ClF6N8O7. The second-order valence-corrected chi connectivity index (χ2v) is 18.4. The smallest absolute Gasteiger partial charge is 0.407 e. The summed E-state index contributed by atoms with van der Waals surface area (Å²) in [5, 5.41) is 5.88. The van der Waals surface area contributed by atoms with Gasteiger partial charge in [-0.3, -0.25) is 9.59 Å². The number of nitrogens with one attached hydrogen (secondary N) is 4. The first-order valence-electron chi connectivity index (χ1n) is 21.4. The van der Waals surface area contributed by atoms with Crippen molar-refractivity contribution in [3.05, 3.63) is 64.8 Å². The monoisotopic (exact) mass is 960 g/mol. The van der Waals surface area contributed by atoms with Gasteiger partial charge in [0, 0.05) is 29.6 Å². The van der Waals surface area contributed by atoms with Crippen molar-refractivity contribution in [2.24, 2.45) is 10.8 Å². The van der Waals surface area contributed by atoms with Crippen LogP contribution in [0.5, 0.6) is 5.75 Å². The number of aromatic amines is 2. The number of amides is 4. The molecule has 2 saturated heterocycles. The number of carbonyl (C=O) groups is 4. The number of hydrogen-bond donors (Lipinski definition) is 4. The third-order valence-electron chi connectivity index (χ3n) is 13.3. The number of fused-ring (bicyclic) bond motifs is 6. The zero-order valence-electron chi connectivity index (χ0n) is 37.1. The van der Waals surface area contributed by atoms with Crippen LogP contribution in [0.2, 0.25) is 5.15 Å². The lowest BCUT2D eigenvalue weighted by Crippen LogP contribution is -2.59. The zero-order chi connectivity index (χ0) is 48.5. The van der Waals surface area contributed by atoms with E-state index in [0.717, 1.165) is 69.4 Å². The van der Waals surface area contributed by atoms with E-state index >= 15 is 0 Å². The van der Waals surface area contributed by atoms with E-state index in [2.05, 4.69) is 30.1 Å². The first-order chi connectivity index (χ1) is 31.5. The number of carbonyl (C=O) groups excluding carboxylic acids is 4. The van der Waals surface area contributed by atoms with Crippen molar-refractivity contribution in [1.29, 1.82) is 0 Å². The van der Waals surface area contributed by atoms with Gasteiger partial charge in [-0.15, -0.1) is 0 Å². The number of halogens is 7. The van der Waals surface area contributed by atoms with Gasteiger partial charge in [0.15, 0.2) is 0 Å². The lowest BCUT2D eigenvalue weighted by Gasteiger charge is -2.38. The van der Waals surface area contributed by atoms with Crippen LogP contribution in [0.3, 0.4) is 0 Å². The molecule has 15 nitrogen and oxygen atoms in total. The molecule has 5 heterocycles. The number of H-pyrrole nitrogens is 2. The van der Waals surface area contributed by atoms with E-state index in [-0.39, 0.29) is 30.7 Å². The Hall–Kier alpha value is -6.25. The number of methoxy groups -OCH3 is 2. The fourth-order valence-corrected chi connectivity index (χ4v) is 9.32. The summed E-state index contributed by atoms with van der Waals surface area (Å²) in [6.07, 6.45) is -10.3. The molecule has 0 aliphatic carbocycles. The molecule has 3 aliphatic heterocycles. The fourth-order valence-electron chi connectivity index (χ4n) is 9.07. The maximum Gasteiger partial charge on any atom is 0.407 e. The number of rotatable bonds is 9. The number of ether oxygens (including phenoxy) is 3. The predicted octanol–water partition coefficient (Wildman–Crippen LogP) is 9.27. The van der Waals surface area contributed by atoms with Crippen molar-refractivity contribution in [3.63, 3.8) is 0 Å². The maximum atomic E-state index is 14.2. The Morgan fingerprint density at radius 2 is 1.31 bits per heavy atom. The molecule has 3 aromatic carbocycles. The summed E-state index contributed by atoms with van der Waals surface area (Å²) in [6.45, 7) is 3.81. The lowest BCUT2D eigenvalue weighted by molar-refractivity contribution is -0.222. The van der Waals surface area contributed by atoms with Crippen LogP contribution in [-0.4, -0.2) is 105 Å². The number of imidazole rings is 2. The average molecular weight is 961 g/mol. The van der Waals surface area contributed by atoms with Crippen LogP contribution in [0.4, 0.5) is 35.9 Å². The van der Waals surface area contributed by atoms with E-state index < -0.39 is 71.4 Å². The van der Waals surface area contributed by atoms with Gasteiger partial charge in [0.05, 0.1) is 48.2 Å². The summed E-state index contributed by atoms with van der Waals surface area (Å²) in [5.41, 5.74) is -0.682. The number of benzene rings is 3. The number of aromatic nitrogens is 4. The molecule has 3 aliphatic rings. The molecule has 2 fully saturated rings. The number of hydrogen-bond acceptors (Lipinski definition) is 9. The van der Waals surface area contributed by atoms with Gasteiger partial charge in [-0.1, -0.05) is 29.8 Å². The van der Waals surface area contributed by atoms with Crippen molar-refractivity contribution < 1.29 is 59.7 Å². The number of alkyl carbamates (subject to hydrolysis) is 2. The summed E-state index contributed by atoms with van der Waals surface area (Å²) < 4.78 is 101. The van der Waals surface area contributed by atoms with Gasteiger partial charge in [0.25, 0.3) is 0 Å². The molecule has 67 heavy (non-hydrogen) atoms. The quantitative estimate of drug-likeness (QED) is 0.105. The molecule has 358 valence electrons. The van der Waals surface area contributed by atoms with Gasteiger partial charge in [-0.25, -0.2) is 19.6 Å². The molecule has 8 rings (SSSR count). The Morgan fingerprint density at radius 3 is 1.85 bits per heavy atom. The third-order valence-corrected chi connectivity index (χ3v) is 13.6. The average Bonchev–Trinajstić information content (AvgIpc) is 4.11. The van der Waals surface area contributed by atoms with Crippen molar-refractivity contribution >= 4 is 57.4 Å². The van der Waals surface area contributed by atoms with Crippen LogP contribution in [0.15, 0.2) is 42.5 Å². The molecule has 0 spiro atoms. The van der Waals surface area contributed by atoms with Crippen LogP contribution in [0.25, 0.3) is 44.2 Å². The molecular weight excluding hydrogens is 914 g/mol. The minimum absolute atomic E-state index is 0.118. The van der Waals surface area contributed by atoms with Gasteiger partial charge in [-0.05, 0) is 94.2 Å². The fraction of sp³-hybridized carbons (Fsp3) is 0.467. The zero-order valence-corrected chi connectivity index (χ0v) is 37.8. The van der Waals surface area contributed by atoms with Gasteiger partial charge in [-0.2, -0.15) is 26.3 Å². The van der Waals surface area contributed by atoms with E-state index in [9.17, 15) is 45.5 Å². The molecule has 0 saturated carbocycles. The summed E-state index contributed by atoms with van der Waals surface area (Å²) in [5.74, 6) is -0.649. The minimum atomic E-state index is -4.85. The summed E-state index contributed by atoms with van der Waals surface area (Å²) in [7, 11) is 2.00. The molecule has 4 N–H and O–H groups in total. The van der Waals surface area contributed by atoms with Gasteiger partial charge >= 0.3 is 24.5 Å². The van der Waals surface area contributed by atoms with E-state index in [0.29, 0.717) is 59.5 Å². The highest BCUT2D eigenvalue weighted by Crippen LogP contribution is 2.47. The molecule has 4 atom stereocenters. The molecule has 5 aromatic rings. The molecule has 22 heteroatoms. The summed E-state index contributed by atoms with van der Waals surface area (Å²) >= 11 is 6.72. The Bertz CT molecular complexity index is 2790. The van der Waals surface area contributed by atoms with Crippen LogP contribution in [-0.2, 0) is 25.7 Å². The van der Waals surface area contributed by atoms with Crippen LogP contribution in [0.1, 0.15) is 82.7 Å². The number of alkyl halides is 6. The normalized spacial score (nSPS) is 18.6. The second-order valence-electron chi connectivity index (χ2n) is 18.1. The first-order valence-corrected chi connectivity index (χ1v) is 21.8. The largest absolute Gasteiger partial charge is 0.488 e. The van der Waals surface area contributed by atoms with Gasteiger partial charge in [0.1, 0.15) is 46.9 Å². The first kappa shape index (κ1) is 47.3. The molecule has 0 unspecified atom stereocenters. The van der Waals surface area contributed by atoms with Crippen LogP contribution < -0.4 is 15.4 Å². The highest BCUT2D eigenvalue weighted by atomic mass is 35.5. The highest BCUT2D eigenvalue weighted by molar-refractivity contribution is 6.32. The minimum Gasteiger partial charge on any atom is -0.488 e. The van der Waals surface area contributed by atoms with Crippen molar-refractivity contribution in [2.45, 2.75) is 96.5 Å². The maximum absolute atomic E-state index is 14.2. The molecule has 2 aromatic heterocycles. The van der Waals surface area contributed by atoms with Crippen molar-refractivity contribution in [3.8, 4) is 28.1 Å². The Labute approximate surface area is 384 Å². The molecule has 0 bridgehead atoms. The van der Waals surface area contributed by atoms with E-state index in [4.69, 9.17) is 26.3 Å². The lowest BCUT2D eigenvalue weighted by atomic mass is 9.82. The molecule has 0 radical (unpaired) electrons. The Balaban J connectivity index is 1.05. The van der Waals surface area contributed by atoms with Crippen molar-refractivity contribution in [2.75, 3.05) is 27.3 Å². The summed E-state index contributed by atoms with van der Waals surface area (Å²) in [6, 6.07) is 7.70. The Morgan fingerprint density at radius 1 is 0.761 bits per heavy atom. The highest BCUT2D eigenvalue weighted by Gasteiger charge is 2.58. The summed E-state index contributed by atoms with van der Waals surface area (Å²) in [4.78, 5) is 70.6. The topological polar surface area (TPSA) is 184 Å². The van der Waals surface area contributed by atoms with Gasteiger partial charge in [0.2, 0.25) is 11.8 Å². The van der Waals surface area contributed by atoms with Crippen LogP contribution in [0, 0.1) is 10.8 Å². The standard InChI is InChI=1S/C45H47ClF6N8O7/c1-42(2,44(47,48)49)33(56-40(63)65-5)38(61)59-15-7-9-28(59)36-53-27-14-12-21-18-26-24-13-11-22(17-23(24)20-67-30(26)19-25(21)32(27)55-36)31-35(46)58-37(54-31)29-10-8-16-60(29)39(62)34(57-41(64)66-6)43(3,4)45(50,51)52/h11-14,17-19,28-29,33-34H,7-10,15-16,20H2,1-6H3,(H,53,55)(H,54,58)(H,56,63)(H,57,64)/t28-,29-,33+,34+/m0/s1. The van der Waals surface area contributed by atoms with Gasteiger partial charge < -0.3 is 44.6 Å². The predicted molar refractivity (Wildman–Crippen MR) is 232 cm³/mol. The SMILES string of the molecule is COC(=O)N[C@H](C(=O)N1CCC[C@H]1c1nc(-c2ccc3c(c2)COc2cc4c(ccc5[nH]c([C@@H]6CCCN6C(=O)[C@@H](NC(=O)OC)C(C)(C)C(F)(F)F)nc54)cc2-3)c(Cl)[nH]1)C(C)(C)C(F)(F)F. The van der Waals surface area contributed by atoms with Crippen LogP contribution >= 0.6 is 11.6 Å². The Kier molecular flexibility index (Phi) is 12.1. The van der Waals surface area contributed by atoms with E-state index in [1.807, 2.05) is 42.5 Å².